The van der Waals surface area contributed by atoms with E-state index >= 15 is 0 Å². The Morgan fingerprint density at radius 3 is 2.74 bits per heavy atom. The first-order valence-corrected chi connectivity index (χ1v) is 10.3. The van der Waals surface area contributed by atoms with E-state index in [9.17, 15) is 0 Å². The van der Waals surface area contributed by atoms with Crippen molar-refractivity contribution in [2.75, 3.05) is 32.7 Å². The molecule has 0 amide bonds. The number of halogens is 2. The molecule has 4 rings (SSSR count). The molecule has 1 fully saturated rings. The van der Waals surface area contributed by atoms with Gasteiger partial charge in [0.2, 0.25) is 11.7 Å². The zero-order valence-corrected chi connectivity index (χ0v) is 20.3. The first-order valence-electron chi connectivity index (χ1n) is 9.94. The lowest BCUT2D eigenvalue weighted by Gasteiger charge is -2.36. The van der Waals surface area contributed by atoms with Gasteiger partial charge in [0.05, 0.1) is 5.69 Å². The standard InChI is InChI=1S/C20H24ClN7O2.HI/c1-2-22-20(28-9-7-27(8-10-28)14-17-6-11-29-25-17)23-13-18-24-19(26-30-18)15-4-3-5-16(21)12-15;/h3-6,11-12H,2,7-10,13-14H2,1H3,(H,22,23);1H. The van der Waals surface area contributed by atoms with Crippen molar-refractivity contribution in [1.82, 2.24) is 30.4 Å². The molecule has 1 saturated heterocycles. The molecular formula is C20H25ClIN7O2. The third-order valence-corrected chi connectivity index (χ3v) is 5.03. The SMILES string of the molecule is CCNC(=NCc1nc(-c2cccc(Cl)c2)no1)N1CCN(Cc2ccon2)CC1.I. The van der Waals surface area contributed by atoms with E-state index in [1.807, 2.05) is 30.3 Å². The van der Waals surface area contributed by atoms with Crippen LogP contribution in [0.3, 0.4) is 0 Å². The molecule has 3 heterocycles. The minimum Gasteiger partial charge on any atom is -0.364 e. The number of nitrogens with zero attached hydrogens (tertiary/aromatic N) is 6. The summed E-state index contributed by atoms with van der Waals surface area (Å²) in [7, 11) is 0. The van der Waals surface area contributed by atoms with E-state index in [0.29, 0.717) is 23.3 Å². The van der Waals surface area contributed by atoms with E-state index in [-0.39, 0.29) is 24.0 Å². The van der Waals surface area contributed by atoms with Gasteiger partial charge in [-0.1, -0.05) is 34.0 Å². The zero-order valence-electron chi connectivity index (χ0n) is 17.2. The van der Waals surface area contributed by atoms with Crippen LogP contribution in [0.5, 0.6) is 0 Å². The fourth-order valence-electron chi connectivity index (χ4n) is 3.30. The van der Waals surface area contributed by atoms with Crippen molar-refractivity contribution in [3.8, 4) is 11.4 Å². The molecule has 1 N–H and O–H groups in total. The van der Waals surface area contributed by atoms with Crippen molar-refractivity contribution in [2.45, 2.75) is 20.0 Å². The van der Waals surface area contributed by atoms with Crippen LogP contribution in [0.1, 0.15) is 18.5 Å². The predicted molar refractivity (Wildman–Crippen MR) is 128 cm³/mol. The second-order valence-corrected chi connectivity index (χ2v) is 7.38. The lowest BCUT2D eigenvalue weighted by atomic mass is 10.2. The highest BCUT2D eigenvalue weighted by Crippen LogP contribution is 2.20. The van der Waals surface area contributed by atoms with Crippen molar-refractivity contribution >= 4 is 41.5 Å². The van der Waals surface area contributed by atoms with Crippen molar-refractivity contribution in [3.05, 3.63) is 53.2 Å². The van der Waals surface area contributed by atoms with Crippen molar-refractivity contribution in [3.63, 3.8) is 0 Å². The minimum absolute atomic E-state index is 0. The fourth-order valence-corrected chi connectivity index (χ4v) is 3.49. The van der Waals surface area contributed by atoms with E-state index < -0.39 is 0 Å². The minimum atomic E-state index is 0. The summed E-state index contributed by atoms with van der Waals surface area (Å²) in [6.07, 6.45) is 1.61. The van der Waals surface area contributed by atoms with Gasteiger partial charge in [-0.3, -0.25) is 4.90 Å². The fraction of sp³-hybridized carbons (Fsp3) is 0.400. The number of benzene rings is 1. The van der Waals surface area contributed by atoms with E-state index in [1.165, 1.54) is 0 Å². The number of hydrogen-bond acceptors (Lipinski definition) is 7. The summed E-state index contributed by atoms with van der Waals surface area (Å²) in [5.74, 6) is 1.82. The topological polar surface area (TPSA) is 95.8 Å². The van der Waals surface area contributed by atoms with Gasteiger partial charge in [0.15, 0.2) is 5.96 Å². The highest BCUT2D eigenvalue weighted by Gasteiger charge is 2.20. The third-order valence-electron chi connectivity index (χ3n) is 4.80. The molecule has 0 saturated carbocycles. The van der Waals surface area contributed by atoms with Crippen LogP contribution < -0.4 is 5.32 Å². The number of piperazine rings is 1. The Bertz CT molecular complexity index is 972. The van der Waals surface area contributed by atoms with E-state index in [2.05, 4.69) is 37.3 Å². The average molecular weight is 558 g/mol. The molecule has 166 valence electrons. The van der Waals surface area contributed by atoms with Crippen LogP contribution in [-0.2, 0) is 13.1 Å². The maximum Gasteiger partial charge on any atom is 0.248 e. The molecule has 0 aliphatic carbocycles. The van der Waals surface area contributed by atoms with Gasteiger partial charge >= 0.3 is 0 Å². The Morgan fingerprint density at radius 2 is 2.03 bits per heavy atom. The summed E-state index contributed by atoms with van der Waals surface area (Å²) in [6, 6.07) is 9.27. The van der Waals surface area contributed by atoms with Crippen LogP contribution >= 0.6 is 35.6 Å². The molecule has 9 nitrogen and oxygen atoms in total. The Morgan fingerprint density at radius 1 is 1.19 bits per heavy atom. The number of guanidine groups is 1. The molecule has 2 aromatic heterocycles. The van der Waals surface area contributed by atoms with Crippen molar-refractivity contribution < 1.29 is 9.05 Å². The Labute approximate surface area is 202 Å². The zero-order chi connectivity index (χ0) is 20.8. The van der Waals surface area contributed by atoms with Gasteiger partial charge in [-0.05, 0) is 19.1 Å². The third kappa shape index (κ3) is 6.40. The quantitative estimate of drug-likeness (QED) is 0.280. The molecule has 0 spiro atoms. The Kier molecular flexibility index (Phi) is 8.67. The van der Waals surface area contributed by atoms with Gasteiger partial charge in [-0.25, -0.2) is 4.99 Å². The first-order chi connectivity index (χ1) is 14.7. The van der Waals surface area contributed by atoms with Gasteiger partial charge in [-0.2, -0.15) is 4.98 Å². The average Bonchev–Trinajstić information content (AvgIpc) is 3.44. The van der Waals surface area contributed by atoms with Crippen LogP contribution in [0.2, 0.25) is 5.02 Å². The number of rotatable bonds is 6. The van der Waals surface area contributed by atoms with Crippen LogP contribution in [0.4, 0.5) is 0 Å². The number of hydrogen-bond donors (Lipinski definition) is 1. The molecule has 11 heteroatoms. The molecular weight excluding hydrogens is 533 g/mol. The lowest BCUT2D eigenvalue weighted by Crippen LogP contribution is -2.52. The Balaban J connectivity index is 0.00000272. The summed E-state index contributed by atoms with van der Waals surface area (Å²) < 4.78 is 10.3. The summed E-state index contributed by atoms with van der Waals surface area (Å²) in [4.78, 5) is 13.7. The summed E-state index contributed by atoms with van der Waals surface area (Å²) in [5.41, 5.74) is 1.77. The van der Waals surface area contributed by atoms with Gasteiger partial charge in [0, 0.05) is 55.9 Å². The maximum absolute atomic E-state index is 6.04. The Hall–Kier alpha value is -2.18. The molecule has 1 aromatic carbocycles. The second-order valence-electron chi connectivity index (χ2n) is 6.95. The van der Waals surface area contributed by atoms with Crippen LogP contribution in [0.15, 0.2) is 50.6 Å². The number of nitrogens with one attached hydrogen (secondary N) is 1. The van der Waals surface area contributed by atoms with Crippen molar-refractivity contribution in [2.24, 2.45) is 4.99 Å². The summed E-state index contributed by atoms with van der Waals surface area (Å²) in [5, 5.41) is 12.0. The van der Waals surface area contributed by atoms with E-state index in [4.69, 9.17) is 25.6 Å². The van der Waals surface area contributed by atoms with Crippen LogP contribution in [0, 0.1) is 0 Å². The van der Waals surface area contributed by atoms with Crippen molar-refractivity contribution in [1.29, 1.82) is 0 Å². The summed E-state index contributed by atoms with van der Waals surface area (Å²) in [6.45, 7) is 7.56. The van der Waals surface area contributed by atoms with E-state index in [0.717, 1.165) is 56.5 Å². The molecule has 0 radical (unpaired) electrons. The first kappa shape index (κ1) is 23.5. The molecule has 1 aliphatic rings. The highest BCUT2D eigenvalue weighted by atomic mass is 127. The number of aromatic nitrogens is 3. The molecule has 0 unspecified atom stereocenters. The molecule has 0 bridgehead atoms. The van der Waals surface area contributed by atoms with Crippen LogP contribution in [-0.4, -0.2) is 63.8 Å². The normalized spacial score (nSPS) is 15.0. The molecule has 0 atom stereocenters. The monoisotopic (exact) mass is 557 g/mol. The summed E-state index contributed by atoms with van der Waals surface area (Å²) >= 11 is 6.04. The van der Waals surface area contributed by atoms with Gasteiger partial charge < -0.3 is 19.3 Å². The lowest BCUT2D eigenvalue weighted by molar-refractivity contribution is 0.169. The molecule has 31 heavy (non-hydrogen) atoms. The predicted octanol–water partition coefficient (Wildman–Crippen LogP) is 3.28. The smallest absolute Gasteiger partial charge is 0.248 e. The maximum atomic E-state index is 6.04. The van der Waals surface area contributed by atoms with Crippen LogP contribution in [0.25, 0.3) is 11.4 Å². The molecule has 3 aromatic rings. The number of aliphatic imine (C=N–C) groups is 1. The van der Waals surface area contributed by atoms with E-state index in [1.54, 1.807) is 6.26 Å². The second kappa shape index (κ2) is 11.4. The highest BCUT2D eigenvalue weighted by molar-refractivity contribution is 14.0. The molecule has 1 aliphatic heterocycles. The van der Waals surface area contributed by atoms with Gasteiger partial charge in [-0.15, -0.1) is 24.0 Å². The van der Waals surface area contributed by atoms with Gasteiger partial charge in [0.25, 0.3) is 0 Å². The largest absolute Gasteiger partial charge is 0.364 e. The van der Waals surface area contributed by atoms with Gasteiger partial charge in [0.1, 0.15) is 12.8 Å².